The van der Waals surface area contributed by atoms with Gasteiger partial charge >= 0.3 is 29.2 Å². The largest absolute Gasteiger partial charge is 0.535 e. The van der Waals surface area contributed by atoms with Gasteiger partial charge in [0.2, 0.25) is 0 Å². The van der Waals surface area contributed by atoms with E-state index in [4.69, 9.17) is 4.74 Å². The summed E-state index contributed by atoms with van der Waals surface area (Å²) in [5.74, 6) is 0. The Kier molecular flexibility index (Phi) is 8.59. The average Bonchev–Trinajstić information content (AvgIpc) is 3.00. The summed E-state index contributed by atoms with van der Waals surface area (Å²) < 4.78 is 57.9. The number of hydrogen-bond acceptors (Lipinski definition) is 11. The molecule has 1 aromatic heterocycles. The molecule has 32 heavy (non-hydrogen) atoms. The van der Waals surface area contributed by atoms with Crippen molar-refractivity contribution in [3.8, 4) is 0 Å². The molecule has 3 unspecified atom stereocenters. The molecule has 182 valence electrons. The second kappa shape index (κ2) is 10.2. The molecule has 1 saturated heterocycles. The molecule has 1 aromatic rings. The number of H-pyrrole nitrogens is 1. The second-order valence-corrected chi connectivity index (χ2v) is 10.9. The van der Waals surface area contributed by atoms with Gasteiger partial charge in [-0.15, -0.1) is 0 Å². The normalized spacial score (nSPS) is 27.0. The first-order valence-corrected chi connectivity index (χ1v) is 13.1. The SMILES string of the molecule is CC=COP(=O)(O)OP(=O)(O)OP(=O)(O)OC[C@H]1O[C@@H](n2cc(C)c(=O)[nH]c2=O)C[C@@H]1O. The van der Waals surface area contributed by atoms with E-state index in [1.807, 2.05) is 0 Å². The molecule has 1 aliphatic rings. The van der Waals surface area contributed by atoms with Gasteiger partial charge in [0, 0.05) is 18.2 Å². The lowest BCUT2D eigenvalue weighted by atomic mass is 10.2. The van der Waals surface area contributed by atoms with Crippen molar-refractivity contribution in [3.63, 3.8) is 0 Å². The quantitative estimate of drug-likeness (QED) is 0.207. The van der Waals surface area contributed by atoms with E-state index >= 15 is 0 Å². The van der Waals surface area contributed by atoms with E-state index in [2.05, 4.69) is 22.7 Å². The van der Waals surface area contributed by atoms with Crippen molar-refractivity contribution >= 4 is 23.5 Å². The van der Waals surface area contributed by atoms with E-state index < -0.39 is 59.8 Å². The van der Waals surface area contributed by atoms with Crippen molar-refractivity contribution in [3.05, 3.63) is 44.9 Å². The molecule has 0 aliphatic carbocycles. The third-order valence-corrected chi connectivity index (χ3v) is 7.97. The van der Waals surface area contributed by atoms with Crippen LogP contribution in [0.2, 0.25) is 0 Å². The minimum Gasteiger partial charge on any atom is -0.412 e. The molecule has 0 saturated carbocycles. The van der Waals surface area contributed by atoms with Gasteiger partial charge in [-0.25, -0.2) is 18.5 Å². The van der Waals surface area contributed by atoms with Crippen LogP contribution in [0.3, 0.4) is 0 Å². The lowest BCUT2D eigenvalue weighted by Gasteiger charge is -2.20. The second-order valence-electron chi connectivity index (χ2n) is 6.35. The summed E-state index contributed by atoms with van der Waals surface area (Å²) in [6.07, 6.45) is -0.792. The van der Waals surface area contributed by atoms with Gasteiger partial charge in [-0.1, -0.05) is 6.08 Å². The van der Waals surface area contributed by atoms with Crippen molar-refractivity contribution in [2.24, 2.45) is 0 Å². The number of rotatable bonds is 10. The highest BCUT2D eigenvalue weighted by Gasteiger charge is 2.44. The van der Waals surface area contributed by atoms with E-state index in [0.717, 1.165) is 10.6 Å². The van der Waals surface area contributed by atoms with E-state index in [1.165, 1.54) is 20.0 Å². The fraction of sp³-hybridized carbons (Fsp3) is 0.538. The maximum absolute atomic E-state index is 11.9. The van der Waals surface area contributed by atoms with E-state index in [1.54, 1.807) is 0 Å². The zero-order valence-electron chi connectivity index (χ0n) is 16.5. The van der Waals surface area contributed by atoms with Gasteiger partial charge in [0.15, 0.2) is 0 Å². The smallest absolute Gasteiger partial charge is 0.412 e. The molecule has 0 radical (unpaired) electrons. The highest BCUT2D eigenvalue weighted by atomic mass is 31.3. The molecular formula is C13H21N2O14P3. The number of aliphatic hydroxyl groups is 1. The molecule has 2 heterocycles. The number of nitrogens with one attached hydrogen (secondary N) is 1. The number of aryl methyl sites for hydroxylation is 1. The summed E-state index contributed by atoms with van der Waals surface area (Å²) in [5, 5.41) is 10.1. The fourth-order valence-electron chi connectivity index (χ4n) is 2.46. The molecule has 6 atom stereocenters. The summed E-state index contributed by atoms with van der Waals surface area (Å²) in [6.45, 7) is 1.97. The first kappa shape index (κ1) is 26.8. The fourth-order valence-corrected chi connectivity index (χ4v) is 5.89. The van der Waals surface area contributed by atoms with Gasteiger partial charge in [-0.3, -0.25) is 23.8 Å². The Hall–Kier alpha value is -1.41. The molecule has 0 bridgehead atoms. The zero-order chi connectivity index (χ0) is 24.3. The van der Waals surface area contributed by atoms with Crippen LogP contribution in [0.4, 0.5) is 0 Å². The monoisotopic (exact) mass is 522 g/mol. The molecule has 5 N–H and O–H groups in total. The van der Waals surface area contributed by atoms with Crippen molar-refractivity contribution in [1.29, 1.82) is 0 Å². The number of allylic oxidation sites excluding steroid dienone is 1. The van der Waals surface area contributed by atoms with Crippen molar-refractivity contribution in [2.45, 2.75) is 38.7 Å². The van der Waals surface area contributed by atoms with Crippen LogP contribution in [0.1, 0.15) is 25.1 Å². The zero-order valence-corrected chi connectivity index (χ0v) is 19.2. The average molecular weight is 522 g/mol. The highest BCUT2D eigenvalue weighted by Crippen LogP contribution is 2.67. The van der Waals surface area contributed by atoms with Crippen LogP contribution >= 0.6 is 23.5 Å². The van der Waals surface area contributed by atoms with Crippen LogP contribution < -0.4 is 11.2 Å². The highest BCUT2D eigenvalue weighted by molar-refractivity contribution is 7.66. The minimum atomic E-state index is -5.62. The van der Waals surface area contributed by atoms with Crippen LogP contribution in [0.25, 0.3) is 0 Å². The third kappa shape index (κ3) is 7.58. The maximum atomic E-state index is 11.9. The van der Waals surface area contributed by atoms with Crippen LogP contribution in [0.15, 0.2) is 28.1 Å². The Morgan fingerprint density at radius 1 is 1.19 bits per heavy atom. The van der Waals surface area contributed by atoms with Gasteiger partial charge in [0.05, 0.1) is 19.0 Å². The molecule has 16 nitrogen and oxygen atoms in total. The van der Waals surface area contributed by atoms with Gasteiger partial charge in [-0.05, 0) is 13.8 Å². The lowest BCUT2D eigenvalue weighted by Crippen LogP contribution is -2.33. The number of aliphatic hydroxyl groups excluding tert-OH is 1. The number of phosphoric ester groups is 2. The maximum Gasteiger partial charge on any atom is 0.535 e. The summed E-state index contributed by atoms with van der Waals surface area (Å²) in [4.78, 5) is 53.7. The van der Waals surface area contributed by atoms with Crippen molar-refractivity contribution in [2.75, 3.05) is 6.61 Å². The van der Waals surface area contributed by atoms with Crippen LogP contribution in [-0.4, -0.2) is 48.2 Å². The van der Waals surface area contributed by atoms with Crippen LogP contribution in [0, 0.1) is 6.92 Å². The van der Waals surface area contributed by atoms with Gasteiger partial charge in [-0.2, -0.15) is 8.62 Å². The molecule has 2 rings (SSSR count). The van der Waals surface area contributed by atoms with E-state index in [0.29, 0.717) is 6.26 Å². The lowest BCUT2D eigenvalue weighted by molar-refractivity contribution is -0.0450. The predicted octanol–water partition coefficient (Wildman–Crippen LogP) is 0.395. The topological polar surface area (TPSA) is 233 Å². The number of aromatic amines is 1. The number of phosphoric acid groups is 3. The Morgan fingerprint density at radius 3 is 2.44 bits per heavy atom. The Morgan fingerprint density at radius 2 is 1.81 bits per heavy atom. The molecule has 0 aromatic carbocycles. The molecule has 0 spiro atoms. The number of ether oxygens (including phenoxy) is 1. The van der Waals surface area contributed by atoms with Crippen molar-refractivity contribution in [1.82, 2.24) is 9.55 Å². The summed E-state index contributed by atoms with van der Waals surface area (Å²) in [6, 6.07) is 0. The minimum absolute atomic E-state index is 0.159. The first-order chi connectivity index (χ1) is 14.6. The Balaban J connectivity index is 2.00. The molecular weight excluding hydrogens is 501 g/mol. The van der Waals surface area contributed by atoms with Gasteiger partial charge < -0.3 is 24.2 Å². The molecule has 19 heteroatoms. The van der Waals surface area contributed by atoms with Crippen molar-refractivity contribution < 1.29 is 55.9 Å². The number of nitrogens with zero attached hydrogens (tertiary/aromatic N) is 1. The molecule has 1 fully saturated rings. The number of aromatic nitrogens is 2. The van der Waals surface area contributed by atoms with Gasteiger partial charge in [0.1, 0.15) is 12.3 Å². The van der Waals surface area contributed by atoms with E-state index in [9.17, 15) is 43.1 Å². The summed E-state index contributed by atoms with van der Waals surface area (Å²) in [5.41, 5.74) is -1.24. The third-order valence-electron chi connectivity index (χ3n) is 3.81. The Labute approximate surface area is 179 Å². The molecule has 1 aliphatic heterocycles. The predicted molar refractivity (Wildman–Crippen MR) is 104 cm³/mol. The molecule has 0 amide bonds. The standard InChI is InChI=1S/C13H21N2O14P3/c1-3-4-25-30(19,20)28-32(23,24)29-31(21,22)26-7-10-9(16)5-11(27-10)15-6-8(2)12(17)14-13(15)18/h3-4,6,9-11,16H,5,7H2,1-2H3,(H,19,20)(H,21,22)(H,23,24)(H,14,17,18)/t9-,10+,11+/m0/s1. The van der Waals surface area contributed by atoms with E-state index in [-0.39, 0.29) is 12.0 Å². The summed E-state index contributed by atoms with van der Waals surface area (Å²) >= 11 is 0. The number of hydrogen-bond donors (Lipinski definition) is 5. The first-order valence-electron chi connectivity index (χ1n) is 8.65. The van der Waals surface area contributed by atoms with Crippen LogP contribution in [-0.2, 0) is 36.1 Å². The van der Waals surface area contributed by atoms with Crippen LogP contribution in [0.5, 0.6) is 0 Å². The summed E-state index contributed by atoms with van der Waals surface area (Å²) in [7, 11) is -16.1. The van der Waals surface area contributed by atoms with Gasteiger partial charge in [0.25, 0.3) is 5.56 Å². The Bertz CT molecular complexity index is 1110.